The van der Waals surface area contributed by atoms with E-state index in [-0.39, 0.29) is 35.8 Å². The Morgan fingerprint density at radius 3 is 2.38 bits per heavy atom. The van der Waals surface area contributed by atoms with Crippen LogP contribution in [0.3, 0.4) is 0 Å². The summed E-state index contributed by atoms with van der Waals surface area (Å²) in [5, 5.41) is 7.18. The minimum Gasteiger partial charge on any atom is -0.381 e. The average Bonchev–Trinajstić information content (AvgIpc) is 3.48. The summed E-state index contributed by atoms with van der Waals surface area (Å²) in [5.74, 6) is -1.58. The van der Waals surface area contributed by atoms with E-state index >= 15 is 0 Å². The van der Waals surface area contributed by atoms with Crippen LogP contribution in [0.1, 0.15) is 89.8 Å². The minimum absolute atomic E-state index is 0.0153. The van der Waals surface area contributed by atoms with E-state index in [0.29, 0.717) is 25.9 Å². The van der Waals surface area contributed by atoms with Gasteiger partial charge in [-0.3, -0.25) is 24.2 Å². The first-order chi connectivity index (χ1) is 20.1. The zero-order valence-electron chi connectivity index (χ0n) is 25.9. The molecular weight excluding hydrogens is 534 g/mol. The van der Waals surface area contributed by atoms with E-state index in [1.165, 1.54) is 10.6 Å². The molecule has 1 unspecified atom stereocenters. The van der Waals surface area contributed by atoms with Crippen molar-refractivity contribution in [2.45, 2.75) is 109 Å². The molecule has 4 bridgehead atoms. The van der Waals surface area contributed by atoms with E-state index in [9.17, 15) is 19.2 Å². The van der Waals surface area contributed by atoms with Crippen LogP contribution in [0.25, 0.3) is 0 Å². The largest absolute Gasteiger partial charge is 0.381 e. The van der Waals surface area contributed by atoms with Crippen LogP contribution < -0.4 is 16.1 Å². The summed E-state index contributed by atoms with van der Waals surface area (Å²) in [6.07, 6.45) is 6.40. The van der Waals surface area contributed by atoms with Gasteiger partial charge in [0.05, 0.1) is 18.1 Å². The predicted molar refractivity (Wildman–Crippen MR) is 160 cm³/mol. The second-order valence-corrected chi connectivity index (χ2v) is 12.5. The van der Waals surface area contributed by atoms with Gasteiger partial charge < -0.3 is 20.3 Å². The van der Waals surface area contributed by atoms with E-state index in [2.05, 4.69) is 40.3 Å². The van der Waals surface area contributed by atoms with Gasteiger partial charge in [0.15, 0.2) is 0 Å². The fraction of sp³-hybridized carbons (Fsp3) is 0.688. The Morgan fingerprint density at radius 1 is 0.881 bits per heavy atom. The van der Waals surface area contributed by atoms with Gasteiger partial charge in [-0.15, -0.1) is 0 Å². The summed E-state index contributed by atoms with van der Waals surface area (Å²) in [4.78, 5) is 55.6. The smallest absolute Gasteiger partial charge is 0.258 e. The molecule has 0 spiro atoms. The van der Waals surface area contributed by atoms with Gasteiger partial charge in [0.2, 0.25) is 17.7 Å². The van der Waals surface area contributed by atoms with E-state index in [4.69, 9.17) is 4.74 Å². The molecule has 0 aliphatic carbocycles. The molecule has 4 amide bonds. The first-order valence-electron chi connectivity index (χ1n) is 15.7. The average molecular weight is 584 g/mol. The number of ether oxygens (including phenoxy) is 1. The van der Waals surface area contributed by atoms with Crippen LogP contribution in [0, 0.1) is 11.8 Å². The monoisotopic (exact) mass is 583 g/mol. The first-order valence-corrected chi connectivity index (χ1v) is 15.7. The number of nitrogens with zero attached hydrogens (tertiary/aromatic N) is 2. The predicted octanol–water partition coefficient (Wildman–Crippen LogP) is 2.87. The Morgan fingerprint density at radius 2 is 1.64 bits per heavy atom. The molecule has 232 valence electrons. The van der Waals surface area contributed by atoms with Gasteiger partial charge in [-0.2, -0.15) is 0 Å². The number of hydrogen-bond donors (Lipinski definition) is 3. The first kappa shape index (κ1) is 31.9. The van der Waals surface area contributed by atoms with E-state index in [0.717, 1.165) is 44.1 Å². The number of carbonyl (C=O) groups is 4. The summed E-state index contributed by atoms with van der Waals surface area (Å²) in [7, 11) is 1.62. The molecule has 3 N–H and O–H groups in total. The third kappa shape index (κ3) is 7.50. The van der Waals surface area contributed by atoms with Crippen molar-refractivity contribution in [2.75, 3.05) is 20.2 Å². The van der Waals surface area contributed by atoms with Crippen LogP contribution in [-0.4, -0.2) is 78.0 Å². The number of hydrogen-bond acceptors (Lipinski definition) is 6. The van der Waals surface area contributed by atoms with Crippen LogP contribution in [0.2, 0.25) is 0 Å². The summed E-state index contributed by atoms with van der Waals surface area (Å²) < 4.78 is 5.71. The maximum atomic E-state index is 13.8. The summed E-state index contributed by atoms with van der Waals surface area (Å²) in [5.41, 5.74) is 5.56. The number of carbonyl (C=O) groups excluding carboxylic acids is 4. The van der Waals surface area contributed by atoms with Crippen LogP contribution in [0.4, 0.5) is 0 Å². The lowest BCUT2D eigenvalue weighted by Gasteiger charge is -2.37. The molecule has 6 atom stereocenters. The molecule has 0 aromatic heterocycles. The van der Waals surface area contributed by atoms with Crippen LogP contribution in [-0.2, 0) is 30.3 Å². The number of rotatable bonds is 2. The van der Waals surface area contributed by atoms with Gasteiger partial charge in [-0.05, 0) is 68.9 Å². The lowest BCUT2D eigenvalue weighted by molar-refractivity contribution is -0.146. The number of hydrazine groups is 1. The number of nitrogens with one attached hydrogen (secondary N) is 3. The number of amides is 4. The molecular formula is C32H49N5O5. The van der Waals surface area contributed by atoms with Gasteiger partial charge in [0.1, 0.15) is 18.1 Å². The second-order valence-electron chi connectivity index (χ2n) is 12.5. The topological polar surface area (TPSA) is 120 Å². The van der Waals surface area contributed by atoms with Crippen molar-refractivity contribution >= 4 is 23.6 Å². The molecule has 10 heteroatoms. The SMILES string of the molecule is CO[C@@H]1CCCCc2cccc(c2)C2CCCN2C(=O)[C@@H]2CCCN(N2)C(=O)[C@H](C)NC(=O)[C@H](C(C)C)NC(=O)[C@@H]1C. The molecule has 10 nitrogen and oxygen atoms in total. The van der Waals surface area contributed by atoms with Gasteiger partial charge in [0, 0.05) is 20.2 Å². The van der Waals surface area contributed by atoms with Crippen molar-refractivity contribution in [1.82, 2.24) is 26.0 Å². The molecule has 2 saturated heterocycles. The zero-order valence-corrected chi connectivity index (χ0v) is 25.9. The molecule has 3 aliphatic heterocycles. The van der Waals surface area contributed by atoms with Crippen LogP contribution >= 0.6 is 0 Å². The maximum absolute atomic E-state index is 13.8. The molecule has 1 aromatic carbocycles. The highest BCUT2D eigenvalue weighted by Gasteiger charge is 2.38. The van der Waals surface area contributed by atoms with E-state index < -0.39 is 30.0 Å². The standard InChI is InChI=1S/C32H49N5O5/c1-20(2)28-30(39)33-22(4)31(40)37-18-9-14-25(35-37)32(41)36-17-10-15-26(36)24-13-8-12-23(19-24)11-6-7-16-27(42-5)21(3)29(38)34-28/h8,12-13,19-22,25-28,35H,6-7,9-11,14-18H2,1-5H3,(H,33,39)(H,34,38)/t21-,22+,25+,26?,27-,28+/m1/s1. The zero-order chi connectivity index (χ0) is 30.4. The van der Waals surface area contributed by atoms with Crippen molar-refractivity contribution in [3.8, 4) is 0 Å². The lowest BCUT2D eigenvalue weighted by Crippen LogP contribution is -2.62. The molecule has 0 radical (unpaired) electrons. The summed E-state index contributed by atoms with van der Waals surface area (Å²) in [6, 6.07) is 6.45. The Kier molecular flexibility index (Phi) is 11.0. The normalized spacial score (nSPS) is 30.7. The number of methoxy groups -OCH3 is 1. The fourth-order valence-corrected chi connectivity index (χ4v) is 6.49. The maximum Gasteiger partial charge on any atom is 0.258 e. The summed E-state index contributed by atoms with van der Waals surface area (Å²) in [6.45, 7) is 8.35. The van der Waals surface area contributed by atoms with Gasteiger partial charge in [-0.1, -0.05) is 51.5 Å². The molecule has 42 heavy (non-hydrogen) atoms. The molecule has 1 aromatic rings. The Bertz CT molecular complexity index is 1130. The third-order valence-corrected chi connectivity index (χ3v) is 9.08. The Hall–Kier alpha value is -2.98. The highest BCUT2D eigenvalue weighted by Crippen LogP contribution is 2.34. The Balaban J connectivity index is 1.59. The second kappa shape index (κ2) is 14.5. The third-order valence-electron chi connectivity index (χ3n) is 9.08. The van der Waals surface area contributed by atoms with Crippen molar-refractivity contribution in [3.05, 3.63) is 35.4 Å². The van der Waals surface area contributed by atoms with Gasteiger partial charge in [-0.25, -0.2) is 5.43 Å². The number of aryl methyl sites for hydroxylation is 1. The van der Waals surface area contributed by atoms with Crippen molar-refractivity contribution < 1.29 is 23.9 Å². The van der Waals surface area contributed by atoms with Crippen molar-refractivity contribution in [1.29, 1.82) is 0 Å². The fourth-order valence-electron chi connectivity index (χ4n) is 6.49. The highest BCUT2D eigenvalue weighted by atomic mass is 16.5. The molecule has 2 fully saturated rings. The molecule has 4 rings (SSSR count). The van der Waals surface area contributed by atoms with Gasteiger partial charge in [0.25, 0.3) is 5.91 Å². The van der Waals surface area contributed by atoms with Crippen LogP contribution in [0.5, 0.6) is 0 Å². The lowest BCUT2D eigenvalue weighted by atomic mass is 9.94. The minimum atomic E-state index is -0.832. The quantitative estimate of drug-likeness (QED) is 0.493. The van der Waals surface area contributed by atoms with E-state index in [1.807, 2.05) is 25.7 Å². The summed E-state index contributed by atoms with van der Waals surface area (Å²) >= 11 is 0. The van der Waals surface area contributed by atoms with Crippen molar-refractivity contribution in [2.24, 2.45) is 11.8 Å². The Labute approximate surface area is 250 Å². The number of fused-ring (bicyclic) bond motifs is 6. The number of benzene rings is 1. The van der Waals surface area contributed by atoms with E-state index in [1.54, 1.807) is 14.0 Å². The molecule has 3 aliphatic rings. The molecule has 0 saturated carbocycles. The van der Waals surface area contributed by atoms with Crippen LogP contribution in [0.15, 0.2) is 24.3 Å². The van der Waals surface area contributed by atoms with Crippen molar-refractivity contribution in [3.63, 3.8) is 0 Å². The highest BCUT2D eigenvalue weighted by molar-refractivity contribution is 5.92. The van der Waals surface area contributed by atoms with Gasteiger partial charge >= 0.3 is 0 Å². The molecule has 3 heterocycles.